The molecule has 0 radical (unpaired) electrons. The second-order valence-corrected chi connectivity index (χ2v) is 6.52. The van der Waals surface area contributed by atoms with Crippen LogP contribution in [0.25, 0.3) is 0 Å². The van der Waals surface area contributed by atoms with Gasteiger partial charge in [0.25, 0.3) is 0 Å². The largest absolute Gasteiger partial charge is 0.381 e. The van der Waals surface area contributed by atoms with E-state index in [0.29, 0.717) is 6.04 Å². The van der Waals surface area contributed by atoms with Crippen LogP contribution in [0, 0.1) is 11.2 Å². The zero-order chi connectivity index (χ0) is 14.6. The molecule has 4 heteroatoms. The smallest absolute Gasteiger partial charge is 0.141 e. The second-order valence-electron chi connectivity index (χ2n) is 6.12. The predicted molar refractivity (Wildman–Crippen MR) is 80.7 cm³/mol. The number of ether oxygens (including phenoxy) is 1. The van der Waals surface area contributed by atoms with Gasteiger partial charge in [-0.25, -0.2) is 4.39 Å². The van der Waals surface area contributed by atoms with Gasteiger partial charge in [-0.2, -0.15) is 0 Å². The molecule has 0 aliphatic carbocycles. The standard InChI is InChI=1S/C16H23ClFNO/c1-12(2)19-10-16(6-3-7-20-11-16)9-13-4-5-15(18)14(17)8-13/h4-5,8,12,19H,3,6-7,9-11H2,1-2H3. The molecule has 1 aliphatic heterocycles. The molecular formula is C16H23ClFNO. The maximum absolute atomic E-state index is 13.3. The third kappa shape index (κ3) is 4.18. The van der Waals surface area contributed by atoms with Crippen LogP contribution in [0.5, 0.6) is 0 Å². The molecule has 1 N–H and O–H groups in total. The van der Waals surface area contributed by atoms with Crippen molar-refractivity contribution in [1.82, 2.24) is 5.32 Å². The van der Waals surface area contributed by atoms with Crippen LogP contribution in [-0.4, -0.2) is 25.8 Å². The van der Waals surface area contributed by atoms with Crippen molar-refractivity contribution in [3.63, 3.8) is 0 Å². The van der Waals surface area contributed by atoms with Crippen molar-refractivity contribution in [2.75, 3.05) is 19.8 Å². The van der Waals surface area contributed by atoms with Gasteiger partial charge >= 0.3 is 0 Å². The molecule has 1 saturated heterocycles. The second kappa shape index (κ2) is 6.88. The van der Waals surface area contributed by atoms with Crippen molar-refractivity contribution in [1.29, 1.82) is 0 Å². The minimum atomic E-state index is -0.357. The molecule has 0 aromatic heterocycles. The zero-order valence-corrected chi connectivity index (χ0v) is 13.0. The van der Waals surface area contributed by atoms with E-state index in [-0.39, 0.29) is 16.3 Å². The van der Waals surface area contributed by atoms with Crippen molar-refractivity contribution >= 4 is 11.6 Å². The molecule has 1 aliphatic rings. The molecule has 0 saturated carbocycles. The predicted octanol–water partition coefficient (Wildman–Crippen LogP) is 3.82. The number of nitrogens with one attached hydrogen (secondary N) is 1. The number of halogens is 2. The van der Waals surface area contributed by atoms with Crippen LogP contribution in [0.1, 0.15) is 32.3 Å². The van der Waals surface area contributed by atoms with E-state index in [2.05, 4.69) is 19.2 Å². The van der Waals surface area contributed by atoms with Crippen LogP contribution in [0.4, 0.5) is 4.39 Å². The maximum Gasteiger partial charge on any atom is 0.141 e. The van der Waals surface area contributed by atoms with Gasteiger partial charge in [0.1, 0.15) is 5.82 Å². The molecule has 2 nitrogen and oxygen atoms in total. The number of benzene rings is 1. The van der Waals surface area contributed by atoms with E-state index in [1.165, 1.54) is 6.07 Å². The van der Waals surface area contributed by atoms with Gasteiger partial charge < -0.3 is 10.1 Å². The van der Waals surface area contributed by atoms with Gasteiger partial charge in [0.2, 0.25) is 0 Å². The van der Waals surface area contributed by atoms with Crippen molar-refractivity contribution in [3.8, 4) is 0 Å². The lowest BCUT2D eigenvalue weighted by atomic mass is 9.77. The molecule has 1 heterocycles. The summed E-state index contributed by atoms with van der Waals surface area (Å²) in [7, 11) is 0. The molecule has 2 rings (SSSR count). The monoisotopic (exact) mass is 299 g/mol. The van der Waals surface area contributed by atoms with Crippen LogP contribution in [0.15, 0.2) is 18.2 Å². The molecular weight excluding hydrogens is 277 g/mol. The number of hydrogen-bond donors (Lipinski definition) is 1. The van der Waals surface area contributed by atoms with Crippen LogP contribution >= 0.6 is 11.6 Å². The zero-order valence-electron chi connectivity index (χ0n) is 12.2. The first-order valence-corrected chi connectivity index (χ1v) is 7.64. The van der Waals surface area contributed by atoms with Crippen molar-refractivity contribution in [2.45, 2.75) is 39.2 Å². The Morgan fingerprint density at radius 3 is 2.85 bits per heavy atom. The highest BCUT2D eigenvalue weighted by Crippen LogP contribution is 2.33. The third-order valence-corrected chi connectivity index (χ3v) is 4.14. The molecule has 20 heavy (non-hydrogen) atoms. The van der Waals surface area contributed by atoms with Gasteiger partial charge in [-0.05, 0) is 37.0 Å². The summed E-state index contributed by atoms with van der Waals surface area (Å²) in [4.78, 5) is 0. The Morgan fingerprint density at radius 2 is 2.25 bits per heavy atom. The van der Waals surface area contributed by atoms with Gasteiger partial charge in [0.15, 0.2) is 0 Å². The summed E-state index contributed by atoms with van der Waals surface area (Å²) in [5.74, 6) is -0.357. The third-order valence-electron chi connectivity index (χ3n) is 3.85. The average molecular weight is 300 g/mol. The SMILES string of the molecule is CC(C)NCC1(Cc2ccc(F)c(Cl)c2)CCCOC1. The molecule has 1 aromatic rings. The van der Waals surface area contributed by atoms with Crippen molar-refractivity contribution in [2.24, 2.45) is 5.41 Å². The fraction of sp³-hybridized carbons (Fsp3) is 0.625. The minimum absolute atomic E-state index is 0.0870. The normalized spacial score (nSPS) is 23.2. The summed E-state index contributed by atoms with van der Waals surface area (Å²) in [6, 6.07) is 5.46. The van der Waals surface area contributed by atoms with E-state index in [1.807, 2.05) is 6.07 Å². The Hall–Kier alpha value is -0.640. The van der Waals surface area contributed by atoms with Gasteiger partial charge in [-0.15, -0.1) is 0 Å². The summed E-state index contributed by atoms with van der Waals surface area (Å²) in [6.07, 6.45) is 3.07. The lowest BCUT2D eigenvalue weighted by molar-refractivity contribution is -0.00802. The van der Waals surface area contributed by atoms with Gasteiger partial charge in [0.05, 0.1) is 11.6 Å². The first-order valence-electron chi connectivity index (χ1n) is 7.26. The van der Waals surface area contributed by atoms with E-state index in [1.54, 1.807) is 6.07 Å². The fourth-order valence-electron chi connectivity index (χ4n) is 2.75. The van der Waals surface area contributed by atoms with Gasteiger partial charge in [-0.1, -0.05) is 31.5 Å². The molecule has 1 unspecified atom stereocenters. The van der Waals surface area contributed by atoms with Crippen LogP contribution in [0.3, 0.4) is 0 Å². The average Bonchev–Trinajstić information content (AvgIpc) is 2.42. The molecule has 112 valence electrons. The van der Waals surface area contributed by atoms with E-state index < -0.39 is 0 Å². The Morgan fingerprint density at radius 1 is 1.45 bits per heavy atom. The van der Waals surface area contributed by atoms with Crippen LogP contribution in [-0.2, 0) is 11.2 Å². The first-order chi connectivity index (χ1) is 9.51. The highest BCUT2D eigenvalue weighted by Gasteiger charge is 2.33. The van der Waals surface area contributed by atoms with Crippen LogP contribution < -0.4 is 5.32 Å². The van der Waals surface area contributed by atoms with Crippen molar-refractivity contribution < 1.29 is 9.13 Å². The lowest BCUT2D eigenvalue weighted by Gasteiger charge is -2.38. The summed E-state index contributed by atoms with van der Waals surface area (Å²) in [5.41, 5.74) is 1.16. The molecule has 1 atom stereocenters. The van der Waals surface area contributed by atoms with Crippen LogP contribution in [0.2, 0.25) is 5.02 Å². The first kappa shape index (κ1) is 15.7. The molecule has 1 aromatic carbocycles. The summed E-state index contributed by atoms with van der Waals surface area (Å²) in [6.45, 7) is 6.80. The van der Waals surface area contributed by atoms with E-state index >= 15 is 0 Å². The Kier molecular flexibility index (Phi) is 5.42. The van der Waals surface area contributed by atoms with E-state index in [0.717, 1.165) is 44.6 Å². The fourth-order valence-corrected chi connectivity index (χ4v) is 2.96. The van der Waals surface area contributed by atoms with Crippen molar-refractivity contribution in [3.05, 3.63) is 34.6 Å². The molecule has 1 fully saturated rings. The van der Waals surface area contributed by atoms with E-state index in [4.69, 9.17) is 16.3 Å². The highest BCUT2D eigenvalue weighted by molar-refractivity contribution is 6.30. The van der Waals surface area contributed by atoms with E-state index in [9.17, 15) is 4.39 Å². The molecule has 0 spiro atoms. The maximum atomic E-state index is 13.3. The van der Waals surface area contributed by atoms with Gasteiger partial charge in [-0.3, -0.25) is 0 Å². The molecule has 0 bridgehead atoms. The highest BCUT2D eigenvalue weighted by atomic mass is 35.5. The quantitative estimate of drug-likeness (QED) is 0.892. The molecule has 0 amide bonds. The number of rotatable bonds is 5. The Labute approximate surface area is 125 Å². The topological polar surface area (TPSA) is 21.3 Å². The Balaban J connectivity index is 2.11. The lowest BCUT2D eigenvalue weighted by Crippen LogP contribution is -2.44. The minimum Gasteiger partial charge on any atom is -0.381 e. The summed E-state index contributed by atoms with van der Waals surface area (Å²) >= 11 is 5.88. The van der Waals surface area contributed by atoms with Gasteiger partial charge in [0, 0.05) is 24.6 Å². The summed E-state index contributed by atoms with van der Waals surface area (Å²) < 4.78 is 19.0. The Bertz CT molecular complexity index is 444. The number of hydrogen-bond acceptors (Lipinski definition) is 2. The summed E-state index contributed by atoms with van der Waals surface area (Å²) in [5, 5.41) is 3.72.